The fraction of sp³-hybridized carbons (Fsp3) is 0.143. The zero-order valence-corrected chi connectivity index (χ0v) is 9.68. The number of benzene rings is 2. The molecular weight excluding hydrogens is 214 g/mol. The van der Waals surface area contributed by atoms with E-state index in [1.165, 1.54) is 5.56 Å². The number of anilines is 1. The number of hydrogen-bond acceptors (Lipinski definition) is 3. The van der Waals surface area contributed by atoms with E-state index in [-0.39, 0.29) is 0 Å². The summed E-state index contributed by atoms with van der Waals surface area (Å²) >= 11 is 0. The first-order valence-corrected chi connectivity index (χ1v) is 5.46. The number of nitrogens with one attached hydrogen (secondary N) is 1. The molecule has 2 aromatic rings. The number of aryl methyl sites for hydroxylation is 1. The van der Waals surface area contributed by atoms with Crippen molar-refractivity contribution in [3.63, 3.8) is 0 Å². The van der Waals surface area contributed by atoms with Crippen LogP contribution in [-0.2, 0) is 6.61 Å². The van der Waals surface area contributed by atoms with Crippen LogP contribution in [0.15, 0.2) is 48.5 Å². The second kappa shape index (κ2) is 5.37. The molecule has 0 fully saturated rings. The molecule has 3 nitrogen and oxygen atoms in total. The Hall–Kier alpha value is -2.00. The van der Waals surface area contributed by atoms with E-state index in [4.69, 9.17) is 9.94 Å². The van der Waals surface area contributed by atoms with Gasteiger partial charge in [0.05, 0.1) is 5.69 Å². The maximum Gasteiger partial charge on any atom is 0.119 e. The van der Waals surface area contributed by atoms with Crippen molar-refractivity contribution in [3.8, 4) is 5.75 Å². The van der Waals surface area contributed by atoms with Crippen molar-refractivity contribution in [2.45, 2.75) is 13.5 Å². The van der Waals surface area contributed by atoms with Gasteiger partial charge in [-0.3, -0.25) is 10.7 Å². The van der Waals surface area contributed by atoms with E-state index in [0.717, 1.165) is 11.3 Å². The van der Waals surface area contributed by atoms with Crippen LogP contribution in [0.25, 0.3) is 0 Å². The Balaban J connectivity index is 1.95. The summed E-state index contributed by atoms with van der Waals surface area (Å²) in [6.07, 6.45) is 0. The molecule has 0 aromatic heterocycles. The molecular formula is C14H15NO2. The van der Waals surface area contributed by atoms with Gasteiger partial charge in [-0.25, -0.2) is 0 Å². The lowest BCUT2D eigenvalue weighted by molar-refractivity contribution is 0.306. The third-order valence-corrected chi connectivity index (χ3v) is 2.51. The Kier molecular flexibility index (Phi) is 3.62. The molecule has 0 saturated heterocycles. The zero-order chi connectivity index (χ0) is 12.1. The lowest BCUT2D eigenvalue weighted by Gasteiger charge is -2.07. The van der Waals surface area contributed by atoms with Gasteiger partial charge in [-0.05, 0) is 36.8 Å². The molecule has 0 aliphatic carbocycles. The first kappa shape index (κ1) is 11.5. The summed E-state index contributed by atoms with van der Waals surface area (Å²) in [5.41, 5.74) is 5.04. The molecule has 0 bridgehead atoms. The molecule has 0 amide bonds. The van der Waals surface area contributed by atoms with E-state index in [2.05, 4.69) is 5.48 Å². The molecule has 88 valence electrons. The average Bonchev–Trinajstić information content (AvgIpc) is 2.39. The van der Waals surface area contributed by atoms with Crippen LogP contribution in [0, 0.1) is 6.92 Å². The lowest BCUT2D eigenvalue weighted by Crippen LogP contribution is -1.96. The smallest absolute Gasteiger partial charge is 0.119 e. The third-order valence-electron chi connectivity index (χ3n) is 2.51. The third kappa shape index (κ3) is 3.23. The van der Waals surface area contributed by atoms with Crippen molar-refractivity contribution in [2.24, 2.45) is 0 Å². The molecule has 0 radical (unpaired) electrons. The molecule has 0 heterocycles. The summed E-state index contributed by atoms with van der Waals surface area (Å²) in [5.74, 6) is 0.861. The molecule has 3 heteroatoms. The predicted octanol–water partition coefficient (Wildman–Crippen LogP) is 3.38. The van der Waals surface area contributed by atoms with Crippen LogP contribution >= 0.6 is 0 Å². The first-order chi connectivity index (χ1) is 8.28. The van der Waals surface area contributed by atoms with Crippen molar-refractivity contribution in [1.29, 1.82) is 0 Å². The highest BCUT2D eigenvalue weighted by Gasteiger charge is 1.96. The standard InChI is InChI=1S/C14H15NO2/c1-11-2-8-14(9-3-11)17-10-12-4-6-13(15-16)7-5-12/h2-9,15-16H,10H2,1H3. The normalized spacial score (nSPS) is 10.0. The highest BCUT2D eigenvalue weighted by Crippen LogP contribution is 2.14. The van der Waals surface area contributed by atoms with Crippen LogP contribution in [0.1, 0.15) is 11.1 Å². The van der Waals surface area contributed by atoms with Gasteiger partial charge >= 0.3 is 0 Å². The van der Waals surface area contributed by atoms with Crippen molar-refractivity contribution >= 4 is 5.69 Å². The monoisotopic (exact) mass is 229 g/mol. The van der Waals surface area contributed by atoms with E-state index in [0.29, 0.717) is 12.3 Å². The van der Waals surface area contributed by atoms with Crippen LogP contribution in [0.4, 0.5) is 5.69 Å². The molecule has 0 atom stereocenters. The number of rotatable bonds is 4. The molecule has 0 unspecified atom stereocenters. The summed E-state index contributed by atoms with van der Waals surface area (Å²) in [7, 11) is 0. The summed E-state index contributed by atoms with van der Waals surface area (Å²) in [6.45, 7) is 2.57. The quantitative estimate of drug-likeness (QED) is 0.790. The van der Waals surface area contributed by atoms with Gasteiger partial charge in [-0.2, -0.15) is 0 Å². The van der Waals surface area contributed by atoms with Gasteiger partial charge in [-0.15, -0.1) is 0 Å². The Bertz CT molecular complexity index is 463. The number of hydrogen-bond donors (Lipinski definition) is 2. The molecule has 0 saturated carbocycles. The molecule has 2 aromatic carbocycles. The van der Waals surface area contributed by atoms with Crippen molar-refractivity contribution < 1.29 is 9.94 Å². The van der Waals surface area contributed by atoms with Crippen LogP contribution in [0.5, 0.6) is 5.75 Å². The predicted molar refractivity (Wildman–Crippen MR) is 67.4 cm³/mol. The van der Waals surface area contributed by atoms with Crippen LogP contribution in [-0.4, -0.2) is 5.21 Å². The van der Waals surface area contributed by atoms with Crippen LogP contribution in [0.2, 0.25) is 0 Å². The van der Waals surface area contributed by atoms with E-state index < -0.39 is 0 Å². The van der Waals surface area contributed by atoms with Crippen molar-refractivity contribution in [1.82, 2.24) is 0 Å². The average molecular weight is 229 g/mol. The summed E-state index contributed by atoms with van der Waals surface area (Å²) in [4.78, 5) is 0. The topological polar surface area (TPSA) is 41.5 Å². The van der Waals surface area contributed by atoms with Crippen LogP contribution < -0.4 is 10.2 Å². The van der Waals surface area contributed by atoms with Gasteiger partial charge in [0.2, 0.25) is 0 Å². The highest BCUT2D eigenvalue weighted by molar-refractivity contribution is 5.42. The van der Waals surface area contributed by atoms with Gasteiger partial charge < -0.3 is 4.74 Å². The Morgan fingerprint density at radius 1 is 1.00 bits per heavy atom. The molecule has 17 heavy (non-hydrogen) atoms. The zero-order valence-electron chi connectivity index (χ0n) is 9.68. The summed E-state index contributed by atoms with van der Waals surface area (Å²) in [6, 6.07) is 15.4. The lowest BCUT2D eigenvalue weighted by atomic mass is 10.2. The summed E-state index contributed by atoms with van der Waals surface area (Å²) in [5, 5.41) is 8.68. The molecule has 0 aliphatic rings. The summed E-state index contributed by atoms with van der Waals surface area (Å²) < 4.78 is 5.64. The van der Waals surface area contributed by atoms with Crippen molar-refractivity contribution in [2.75, 3.05) is 5.48 Å². The minimum absolute atomic E-state index is 0.523. The van der Waals surface area contributed by atoms with E-state index >= 15 is 0 Å². The molecule has 0 spiro atoms. The second-order valence-electron chi connectivity index (χ2n) is 3.91. The molecule has 2 rings (SSSR count). The highest BCUT2D eigenvalue weighted by atomic mass is 16.5. The Morgan fingerprint density at radius 3 is 2.24 bits per heavy atom. The van der Waals surface area contributed by atoms with Crippen LogP contribution in [0.3, 0.4) is 0 Å². The number of ether oxygens (including phenoxy) is 1. The SMILES string of the molecule is Cc1ccc(OCc2ccc(NO)cc2)cc1. The van der Waals surface area contributed by atoms with Gasteiger partial charge in [0, 0.05) is 0 Å². The Labute approximate surface area is 101 Å². The van der Waals surface area contributed by atoms with E-state index in [9.17, 15) is 0 Å². The van der Waals surface area contributed by atoms with Gasteiger partial charge in [0.1, 0.15) is 12.4 Å². The molecule has 2 N–H and O–H groups in total. The maximum atomic E-state index is 8.68. The van der Waals surface area contributed by atoms with Gasteiger partial charge in [0.15, 0.2) is 0 Å². The minimum Gasteiger partial charge on any atom is -0.489 e. The molecule has 0 aliphatic heterocycles. The van der Waals surface area contributed by atoms with Crippen molar-refractivity contribution in [3.05, 3.63) is 59.7 Å². The minimum atomic E-state index is 0.523. The van der Waals surface area contributed by atoms with Gasteiger partial charge in [0.25, 0.3) is 0 Å². The van der Waals surface area contributed by atoms with E-state index in [1.54, 1.807) is 12.1 Å². The maximum absolute atomic E-state index is 8.68. The largest absolute Gasteiger partial charge is 0.489 e. The van der Waals surface area contributed by atoms with Gasteiger partial charge in [-0.1, -0.05) is 29.8 Å². The second-order valence-corrected chi connectivity index (χ2v) is 3.91. The van der Waals surface area contributed by atoms with E-state index in [1.807, 2.05) is 43.3 Å². The fourth-order valence-corrected chi connectivity index (χ4v) is 1.48. The first-order valence-electron chi connectivity index (χ1n) is 5.46. The Morgan fingerprint density at radius 2 is 1.65 bits per heavy atom. The fourth-order valence-electron chi connectivity index (χ4n) is 1.48.